The molecule has 0 saturated heterocycles. The van der Waals surface area contributed by atoms with Gasteiger partial charge in [0.2, 0.25) is 11.8 Å². The third kappa shape index (κ3) is 7.55. The van der Waals surface area contributed by atoms with Gasteiger partial charge in [0.1, 0.15) is 11.9 Å². The number of hydrogen-bond donors (Lipinski definition) is 1. The fraction of sp³-hybridized carbons (Fsp3) is 0.391. The number of nitrogens with one attached hydrogen (secondary N) is 1. The minimum absolute atomic E-state index is 0.0592. The molecule has 1 N–H and O–H groups in total. The highest BCUT2D eigenvalue weighted by molar-refractivity contribution is 7.99. The average Bonchev–Trinajstić information content (AvgIpc) is 2.72. The molecule has 0 aliphatic carbocycles. The van der Waals surface area contributed by atoms with Crippen molar-refractivity contribution in [2.24, 2.45) is 0 Å². The molecule has 0 heterocycles. The van der Waals surface area contributed by atoms with E-state index in [4.69, 9.17) is 34.8 Å². The molecule has 0 aliphatic rings. The Balaban J connectivity index is 2.20. The lowest BCUT2D eigenvalue weighted by Crippen LogP contribution is -2.50. The number of benzene rings is 2. The second-order valence-corrected chi connectivity index (χ2v) is 9.76. The average molecular weight is 520 g/mol. The third-order valence-corrected chi connectivity index (χ3v) is 6.72. The Morgan fingerprint density at radius 3 is 2.41 bits per heavy atom. The second kappa shape index (κ2) is 12.7. The predicted octanol–water partition coefficient (Wildman–Crippen LogP) is 6.35. The van der Waals surface area contributed by atoms with Crippen LogP contribution in [0.5, 0.6) is 0 Å². The van der Waals surface area contributed by atoms with Crippen LogP contribution in [-0.4, -0.2) is 34.6 Å². The minimum atomic E-state index is -0.656. The summed E-state index contributed by atoms with van der Waals surface area (Å²) < 4.78 is 14.0. The standard InChI is InChI=1S/C23H26Cl3FN2O2S/c1-4-21(23(31)28-14(2)3)29(11-15-8-9-18(25)19(26)10-15)22(30)13-32-12-16-17(24)6-5-7-20(16)27/h5-10,14,21H,4,11-13H2,1-3H3,(H,28,31)/t21-/m0/s1. The van der Waals surface area contributed by atoms with Gasteiger partial charge in [-0.1, -0.05) is 53.9 Å². The summed E-state index contributed by atoms with van der Waals surface area (Å²) in [6.07, 6.45) is 0.440. The van der Waals surface area contributed by atoms with Crippen molar-refractivity contribution in [2.45, 2.75) is 51.6 Å². The lowest BCUT2D eigenvalue weighted by molar-refractivity contribution is -0.139. The van der Waals surface area contributed by atoms with Crippen LogP contribution in [0.2, 0.25) is 15.1 Å². The van der Waals surface area contributed by atoms with Gasteiger partial charge in [-0.2, -0.15) is 0 Å². The van der Waals surface area contributed by atoms with Gasteiger partial charge in [0.15, 0.2) is 0 Å². The highest BCUT2D eigenvalue weighted by Crippen LogP contribution is 2.26. The molecule has 32 heavy (non-hydrogen) atoms. The van der Waals surface area contributed by atoms with Crippen LogP contribution in [0.15, 0.2) is 36.4 Å². The van der Waals surface area contributed by atoms with E-state index in [2.05, 4.69) is 5.32 Å². The Morgan fingerprint density at radius 2 is 1.81 bits per heavy atom. The Labute approximate surface area is 207 Å². The highest BCUT2D eigenvalue weighted by atomic mass is 35.5. The molecule has 0 spiro atoms. The van der Waals surface area contributed by atoms with Crippen molar-refractivity contribution in [3.8, 4) is 0 Å². The van der Waals surface area contributed by atoms with Gasteiger partial charge in [-0.3, -0.25) is 9.59 Å². The van der Waals surface area contributed by atoms with Crippen LogP contribution in [0.3, 0.4) is 0 Å². The third-order valence-electron chi connectivity index (χ3n) is 4.69. The summed E-state index contributed by atoms with van der Waals surface area (Å²) in [6, 6.07) is 8.89. The van der Waals surface area contributed by atoms with E-state index in [1.54, 1.807) is 24.3 Å². The first-order valence-electron chi connectivity index (χ1n) is 10.2. The van der Waals surface area contributed by atoms with Crippen LogP contribution in [0.25, 0.3) is 0 Å². The summed E-state index contributed by atoms with van der Waals surface area (Å²) in [5.74, 6) is -0.560. The first-order valence-corrected chi connectivity index (χ1v) is 12.5. The van der Waals surface area contributed by atoms with Gasteiger partial charge in [-0.25, -0.2) is 4.39 Å². The monoisotopic (exact) mass is 518 g/mol. The molecular formula is C23H26Cl3FN2O2S. The number of halogens is 4. The molecule has 0 aliphatic heterocycles. The lowest BCUT2D eigenvalue weighted by Gasteiger charge is -2.31. The fourth-order valence-corrected chi connectivity index (χ4v) is 4.70. The van der Waals surface area contributed by atoms with Gasteiger partial charge >= 0.3 is 0 Å². The van der Waals surface area contributed by atoms with Crippen molar-refractivity contribution in [3.05, 3.63) is 68.4 Å². The van der Waals surface area contributed by atoms with E-state index in [-0.39, 0.29) is 35.9 Å². The second-order valence-electron chi connectivity index (χ2n) is 7.55. The molecular weight excluding hydrogens is 494 g/mol. The topological polar surface area (TPSA) is 49.4 Å². The van der Waals surface area contributed by atoms with Crippen molar-refractivity contribution < 1.29 is 14.0 Å². The van der Waals surface area contributed by atoms with Crippen LogP contribution in [-0.2, 0) is 21.9 Å². The quantitative estimate of drug-likeness (QED) is 0.398. The molecule has 2 rings (SSSR count). The zero-order valence-electron chi connectivity index (χ0n) is 18.1. The van der Waals surface area contributed by atoms with Gasteiger partial charge in [0, 0.05) is 28.9 Å². The maximum Gasteiger partial charge on any atom is 0.243 e. The van der Waals surface area contributed by atoms with Gasteiger partial charge < -0.3 is 10.2 Å². The van der Waals surface area contributed by atoms with Gasteiger partial charge in [-0.15, -0.1) is 11.8 Å². The molecule has 0 fully saturated rings. The van der Waals surface area contributed by atoms with Crippen LogP contribution >= 0.6 is 46.6 Å². The molecule has 0 aromatic heterocycles. The molecule has 2 aromatic carbocycles. The summed E-state index contributed by atoms with van der Waals surface area (Å²) >= 11 is 19.5. The molecule has 2 aromatic rings. The van der Waals surface area contributed by atoms with Gasteiger partial charge in [-0.05, 0) is 50.1 Å². The number of carbonyl (C=O) groups is 2. The number of rotatable bonds is 10. The molecule has 0 saturated carbocycles. The number of thioether (sulfide) groups is 1. The zero-order chi connectivity index (χ0) is 23.8. The Morgan fingerprint density at radius 1 is 1.09 bits per heavy atom. The van der Waals surface area contributed by atoms with Crippen LogP contribution < -0.4 is 5.32 Å². The van der Waals surface area contributed by atoms with E-state index in [1.807, 2.05) is 20.8 Å². The normalized spacial score (nSPS) is 12.0. The number of carbonyl (C=O) groups excluding carboxylic acids is 2. The molecule has 0 bridgehead atoms. The zero-order valence-corrected chi connectivity index (χ0v) is 21.2. The van der Waals surface area contributed by atoms with E-state index in [9.17, 15) is 14.0 Å². The van der Waals surface area contributed by atoms with E-state index < -0.39 is 11.9 Å². The first kappa shape index (κ1) is 26.8. The molecule has 4 nitrogen and oxygen atoms in total. The number of amides is 2. The molecule has 2 amide bonds. The minimum Gasteiger partial charge on any atom is -0.352 e. The van der Waals surface area contributed by atoms with E-state index >= 15 is 0 Å². The summed E-state index contributed by atoms with van der Waals surface area (Å²) in [6.45, 7) is 5.78. The van der Waals surface area contributed by atoms with Gasteiger partial charge in [0.25, 0.3) is 0 Å². The molecule has 9 heteroatoms. The van der Waals surface area contributed by atoms with Gasteiger partial charge in [0.05, 0.1) is 15.8 Å². The Kier molecular flexibility index (Phi) is 10.6. The lowest BCUT2D eigenvalue weighted by atomic mass is 10.1. The van der Waals surface area contributed by atoms with Crippen LogP contribution in [0.1, 0.15) is 38.3 Å². The van der Waals surface area contributed by atoms with Crippen LogP contribution in [0.4, 0.5) is 4.39 Å². The smallest absolute Gasteiger partial charge is 0.243 e. The van der Waals surface area contributed by atoms with E-state index in [1.165, 1.54) is 28.8 Å². The van der Waals surface area contributed by atoms with E-state index in [0.717, 1.165) is 5.56 Å². The molecule has 0 unspecified atom stereocenters. The van der Waals surface area contributed by atoms with Crippen molar-refractivity contribution in [1.29, 1.82) is 0 Å². The predicted molar refractivity (Wildman–Crippen MR) is 132 cm³/mol. The van der Waals surface area contributed by atoms with E-state index in [0.29, 0.717) is 27.1 Å². The highest BCUT2D eigenvalue weighted by Gasteiger charge is 2.29. The summed E-state index contributed by atoms with van der Waals surface area (Å²) in [5, 5.41) is 3.99. The Bertz CT molecular complexity index is 939. The maximum atomic E-state index is 14.0. The van der Waals surface area contributed by atoms with Crippen molar-refractivity contribution >= 4 is 58.4 Å². The van der Waals surface area contributed by atoms with Crippen molar-refractivity contribution in [1.82, 2.24) is 10.2 Å². The summed E-state index contributed by atoms with van der Waals surface area (Å²) in [7, 11) is 0. The van der Waals surface area contributed by atoms with Crippen molar-refractivity contribution in [2.75, 3.05) is 5.75 Å². The summed E-state index contributed by atoms with van der Waals surface area (Å²) in [5.41, 5.74) is 1.11. The maximum absolute atomic E-state index is 14.0. The largest absolute Gasteiger partial charge is 0.352 e. The number of hydrogen-bond acceptors (Lipinski definition) is 3. The molecule has 0 radical (unpaired) electrons. The Hall–Kier alpha value is -1.47. The fourth-order valence-electron chi connectivity index (χ4n) is 3.13. The summed E-state index contributed by atoms with van der Waals surface area (Å²) in [4.78, 5) is 27.5. The first-order chi connectivity index (χ1) is 15.1. The number of nitrogens with zero attached hydrogens (tertiary/aromatic N) is 1. The molecule has 1 atom stereocenters. The van der Waals surface area contributed by atoms with Crippen molar-refractivity contribution in [3.63, 3.8) is 0 Å². The molecule has 174 valence electrons. The van der Waals surface area contributed by atoms with Crippen LogP contribution in [0, 0.1) is 5.82 Å². The SMILES string of the molecule is CC[C@@H](C(=O)NC(C)C)N(Cc1ccc(Cl)c(Cl)c1)C(=O)CSCc1c(F)cccc1Cl.